The van der Waals surface area contributed by atoms with Gasteiger partial charge in [-0.15, -0.1) is 0 Å². The number of nitrogens with zero attached hydrogens (tertiary/aromatic N) is 1. The number of amides is 1. The van der Waals surface area contributed by atoms with Crippen LogP contribution in [0.25, 0.3) is 0 Å². The van der Waals surface area contributed by atoms with Crippen LogP contribution in [0.2, 0.25) is 0 Å². The molecule has 1 fully saturated rings. The van der Waals surface area contributed by atoms with E-state index in [0.717, 1.165) is 0 Å². The van der Waals surface area contributed by atoms with Crippen molar-refractivity contribution in [3.63, 3.8) is 0 Å². The predicted molar refractivity (Wildman–Crippen MR) is 66.8 cm³/mol. The van der Waals surface area contributed by atoms with E-state index in [-0.39, 0.29) is 32.5 Å². The lowest BCUT2D eigenvalue weighted by atomic mass is 9.96. The largest absolute Gasteiger partial charge is 0.480 e. The summed E-state index contributed by atoms with van der Waals surface area (Å²) >= 11 is 0. The van der Waals surface area contributed by atoms with Crippen LogP contribution >= 0.6 is 0 Å². The summed E-state index contributed by atoms with van der Waals surface area (Å²) in [6.07, 6.45) is 2.71. The highest BCUT2D eigenvalue weighted by atomic mass is 32.2. The molecule has 18 heavy (non-hydrogen) atoms. The van der Waals surface area contributed by atoms with Gasteiger partial charge in [0.1, 0.15) is 11.4 Å². The smallest absolute Gasteiger partial charge is 0.410 e. The lowest BCUT2D eigenvalue weighted by molar-refractivity contribution is -0.141. The van der Waals surface area contributed by atoms with Gasteiger partial charge in [0.15, 0.2) is 0 Å². The summed E-state index contributed by atoms with van der Waals surface area (Å²) < 4.78 is 15.2. The zero-order valence-corrected chi connectivity index (χ0v) is 11.1. The Bertz CT molecular complexity index is 358. The van der Waals surface area contributed by atoms with E-state index < -0.39 is 27.6 Å². The molecule has 0 bridgehead atoms. The molecule has 1 heterocycles. The van der Waals surface area contributed by atoms with Crippen LogP contribution in [0.1, 0.15) is 12.8 Å². The molecule has 0 radical (unpaired) electrons. The van der Waals surface area contributed by atoms with Crippen LogP contribution in [-0.2, 0) is 20.3 Å². The molecule has 1 saturated heterocycles. The van der Waals surface area contributed by atoms with E-state index in [0.29, 0.717) is 0 Å². The van der Waals surface area contributed by atoms with Crippen LogP contribution < -0.4 is 0 Å². The van der Waals surface area contributed by atoms with Gasteiger partial charge in [0.05, 0.1) is 0 Å². The van der Waals surface area contributed by atoms with Gasteiger partial charge in [-0.05, 0) is 12.8 Å². The summed E-state index contributed by atoms with van der Waals surface area (Å²) in [5, 5.41) is 9.18. The van der Waals surface area contributed by atoms with Crippen molar-refractivity contribution < 1.29 is 23.6 Å². The van der Waals surface area contributed by atoms with Crippen molar-refractivity contribution in [3.8, 4) is 0 Å². The van der Waals surface area contributed by atoms with Crippen LogP contribution in [0.5, 0.6) is 0 Å². The second-order valence-corrected chi connectivity index (χ2v) is 5.80. The fraction of sp³-hybridized carbons (Fsp3) is 0.636. The van der Waals surface area contributed by atoms with Crippen molar-refractivity contribution in [3.05, 3.63) is 12.7 Å². The Balaban J connectivity index is 2.64. The van der Waals surface area contributed by atoms with E-state index in [9.17, 15) is 18.9 Å². The first kappa shape index (κ1) is 14.7. The number of carbonyl (C=O) groups is 2. The molecule has 6 nitrogen and oxygen atoms in total. The van der Waals surface area contributed by atoms with Gasteiger partial charge in [0, 0.05) is 30.1 Å². The van der Waals surface area contributed by atoms with Crippen molar-refractivity contribution in [2.24, 2.45) is 0 Å². The molecule has 1 unspecified atom stereocenters. The number of hydrogen-bond acceptors (Lipinski definition) is 4. The Labute approximate surface area is 108 Å². The summed E-state index contributed by atoms with van der Waals surface area (Å²) in [6, 6.07) is 0. The summed E-state index contributed by atoms with van der Waals surface area (Å²) in [5.41, 5.74) is 0. The number of likely N-dealkylation sites (tertiary alicyclic amines) is 1. The Morgan fingerprint density at radius 1 is 1.50 bits per heavy atom. The molecule has 0 saturated carbocycles. The summed E-state index contributed by atoms with van der Waals surface area (Å²) in [7, 11) is -1.47. The minimum absolute atomic E-state index is 0.124. The zero-order chi connectivity index (χ0) is 13.8. The average Bonchev–Trinajstić information content (AvgIpc) is 2.35. The van der Waals surface area contributed by atoms with Crippen LogP contribution in [0, 0.1) is 0 Å². The molecule has 1 amide bonds. The quantitative estimate of drug-likeness (QED) is 0.760. The van der Waals surface area contributed by atoms with Crippen LogP contribution in [0.3, 0.4) is 0 Å². The molecule has 1 rings (SSSR count). The van der Waals surface area contributed by atoms with Crippen molar-refractivity contribution in [1.29, 1.82) is 0 Å². The Hall–Kier alpha value is -1.37. The van der Waals surface area contributed by atoms with Gasteiger partial charge in [0.25, 0.3) is 0 Å². The van der Waals surface area contributed by atoms with E-state index in [1.165, 1.54) is 17.2 Å². The van der Waals surface area contributed by atoms with Crippen molar-refractivity contribution in [1.82, 2.24) is 4.90 Å². The lowest BCUT2D eigenvalue weighted by Crippen LogP contribution is -2.53. The monoisotopic (exact) mass is 275 g/mol. The number of piperidine rings is 1. The highest BCUT2D eigenvalue weighted by Gasteiger charge is 2.46. The maximum Gasteiger partial charge on any atom is 0.410 e. The molecule has 1 atom stereocenters. The van der Waals surface area contributed by atoms with E-state index in [4.69, 9.17) is 4.74 Å². The first-order chi connectivity index (χ1) is 8.44. The summed E-state index contributed by atoms with van der Waals surface area (Å²) in [6.45, 7) is 4.03. The molecule has 0 aromatic heterocycles. The lowest BCUT2D eigenvalue weighted by Gasteiger charge is -2.36. The third-order valence-corrected chi connectivity index (χ3v) is 4.78. The molecular formula is C11H17NO5S. The van der Waals surface area contributed by atoms with Gasteiger partial charge in [-0.25, -0.2) is 4.79 Å². The van der Waals surface area contributed by atoms with Crippen molar-refractivity contribution >= 4 is 22.9 Å². The Morgan fingerprint density at radius 2 is 2.06 bits per heavy atom. The summed E-state index contributed by atoms with van der Waals surface area (Å²) in [4.78, 5) is 24.2. The first-order valence-electron chi connectivity index (χ1n) is 5.53. The molecule has 1 aliphatic heterocycles. The second-order valence-electron chi connectivity index (χ2n) is 4.11. The van der Waals surface area contributed by atoms with E-state index in [1.54, 1.807) is 0 Å². The van der Waals surface area contributed by atoms with Gasteiger partial charge >= 0.3 is 12.1 Å². The number of carboxylic acids is 1. The Kier molecular flexibility index (Phi) is 4.89. The number of aliphatic carboxylic acids is 1. The highest BCUT2D eigenvalue weighted by Crippen LogP contribution is 2.28. The van der Waals surface area contributed by atoms with Crippen molar-refractivity contribution in [2.45, 2.75) is 17.6 Å². The fourth-order valence-corrected chi connectivity index (χ4v) is 2.90. The Morgan fingerprint density at radius 3 is 2.44 bits per heavy atom. The number of hydrogen-bond donors (Lipinski definition) is 1. The minimum Gasteiger partial charge on any atom is -0.480 e. The van der Waals surface area contributed by atoms with E-state index in [2.05, 4.69) is 6.58 Å². The van der Waals surface area contributed by atoms with Crippen LogP contribution in [0.4, 0.5) is 4.79 Å². The third kappa shape index (κ3) is 2.90. The minimum atomic E-state index is -1.47. The number of rotatable bonds is 4. The molecule has 1 N–H and O–H groups in total. The standard InChI is InChI=1S/C11H17NO5S/c1-3-8-17-10(15)12-6-4-11(5-7-12,9(13)14)18(2)16/h3H,1,4-8H2,2H3,(H,13,14). The predicted octanol–water partition coefficient (Wildman–Crippen LogP) is 0.607. The van der Waals surface area contributed by atoms with E-state index in [1.807, 2.05) is 0 Å². The molecule has 0 aliphatic carbocycles. The number of carbonyl (C=O) groups excluding carboxylic acids is 1. The first-order valence-corrected chi connectivity index (χ1v) is 7.09. The maximum atomic E-state index is 11.6. The molecular weight excluding hydrogens is 258 g/mol. The van der Waals surface area contributed by atoms with E-state index >= 15 is 0 Å². The third-order valence-electron chi connectivity index (χ3n) is 3.09. The molecule has 1 aliphatic rings. The zero-order valence-electron chi connectivity index (χ0n) is 10.3. The topological polar surface area (TPSA) is 83.9 Å². The fourth-order valence-electron chi connectivity index (χ4n) is 1.90. The van der Waals surface area contributed by atoms with Crippen molar-refractivity contribution in [2.75, 3.05) is 26.0 Å². The van der Waals surface area contributed by atoms with Gasteiger partial charge < -0.3 is 14.7 Å². The SMILES string of the molecule is C=CCOC(=O)N1CCC(C(=O)O)(S(C)=O)CC1. The second kappa shape index (κ2) is 5.99. The normalized spacial score (nSPS) is 19.9. The van der Waals surface area contributed by atoms with Gasteiger partial charge in [-0.3, -0.25) is 9.00 Å². The van der Waals surface area contributed by atoms with Crippen LogP contribution in [-0.4, -0.2) is 57.0 Å². The van der Waals surface area contributed by atoms with Gasteiger partial charge in [0.2, 0.25) is 0 Å². The van der Waals surface area contributed by atoms with Gasteiger partial charge in [-0.1, -0.05) is 12.7 Å². The molecule has 0 spiro atoms. The average molecular weight is 275 g/mol. The molecule has 102 valence electrons. The maximum absolute atomic E-state index is 11.6. The molecule has 7 heteroatoms. The van der Waals surface area contributed by atoms with Crippen LogP contribution in [0.15, 0.2) is 12.7 Å². The van der Waals surface area contributed by atoms with Gasteiger partial charge in [-0.2, -0.15) is 0 Å². The molecule has 0 aromatic carbocycles. The highest BCUT2D eigenvalue weighted by molar-refractivity contribution is 7.86. The number of carboxylic acid groups (broad SMARTS) is 1. The summed E-state index contributed by atoms with van der Waals surface area (Å²) in [5.74, 6) is -1.07. The number of ether oxygens (including phenoxy) is 1. The molecule has 0 aromatic rings.